The van der Waals surface area contributed by atoms with Crippen LogP contribution in [0.1, 0.15) is 181 Å². The highest BCUT2D eigenvalue weighted by atomic mass is 31.2. The standard InChI is InChI=1S/C35H70NO6P/c1-7-10-12-14-16-18-20-22-24-26-28-30-32(37)34(36(4,5)6)35(9-3,42-43(39,40)41)33(38)31-29-27-25-23-21-19-17-15-13-11-8-2/h34H,7-31H2,1-6H3,(H-,39,40,41)/p+1. The smallest absolute Gasteiger partial charge is 0.319 e. The van der Waals surface area contributed by atoms with Gasteiger partial charge in [-0.3, -0.25) is 14.1 Å². The number of phosphoric ester groups is 1. The molecular weight excluding hydrogens is 561 g/mol. The van der Waals surface area contributed by atoms with Crippen LogP contribution in [0.3, 0.4) is 0 Å². The van der Waals surface area contributed by atoms with Crippen molar-refractivity contribution in [3.63, 3.8) is 0 Å². The van der Waals surface area contributed by atoms with Crippen molar-refractivity contribution in [3.05, 3.63) is 0 Å². The van der Waals surface area contributed by atoms with E-state index >= 15 is 0 Å². The maximum atomic E-state index is 13.8. The Labute approximate surface area is 266 Å². The average molecular weight is 633 g/mol. The van der Waals surface area contributed by atoms with E-state index in [1.54, 1.807) is 6.92 Å². The van der Waals surface area contributed by atoms with Crippen LogP contribution in [0.4, 0.5) is 0 Å². The minimum Gasteiger partial charge on any atom is -0.319 e. The summed E-state index contributed by atoms with van der Waals surface area (Å²) in [4.78, 5) is 47.2. The first-order valence-electron chi connectivity index (χ1n) is 18.0. The topological polar surface area (TPSA) is 101 Å². The van der Waals surface area contributed by atoms with Crippen molar-refractivity contribution >= 4 is 19.4 Å². The zero-order valence-corrected chi connectivity index (χ0v) is 30.1. The Kier molecular flexibility index (Phi) is 24.3. The lowest BCUT2D eigenvalue weighted by atomic mass is 9.79. The van der Waals surface area contributed by atoms with E-state index in [0.29, 0.717) is 12.8 Å². The fraction of sp³-hybridized carbons (Fsp3) is 0.943. The Morgan fingerprint density at radius 3 is 1.23 bits per heavy atom. The molecule has 0 fully saturated rings. The number of phosphoric acid groups is 1. The highest BCUT2D eigenvalue weighted by Crippen LogP contribution is 2.47. The molecule has 0 aliphatic carbocycles. The van der Waals surface area contributed by atoms with Crippen molar-refractivity contribution in [2.75, 3.05) is 21.1 Å². The molecule has 0 saturated carbocycles. The Balaban J connectivity index is 5.01. The first-order valence-corrected chi connectivity index (χ1v) is 19.5. The summed E-state index contributed by atoms with van der Waals surface area (Å²) in [5.41, 5.74) is -1.84. The van der Waals surface area contributed by atoms with Crippen LogP contribution < -0.4 is 0 Å². The Hall–Kier alpha value is -0.590. The Morgan fingerprint density at radius 1 is 0.605 bits per heavy atom. The summed E-state index contributed by atoms with van der Waals surface area (Å²) in [6, 6.07) is -0.978. The number of hydrogen-bond acceptors (Lipinski definition) is 4. The van der Waals surface area contributed by atoms with Crippen LogP contribution in [0.15, 0.2) is 0 Å². The zero-order chi connectivity index (χ0) is 32.6. The fourth-order valence-corrected chi connectivity index (χ4v) is 7.25. The van der Waals surface area contributed by atoms with Gasteiger partial charge in [0.1, 0.15) is 0 Å². The number of ketones is 2. The Morgan fingerprint density at radius 2 is 0.930 bits per heavy atom. The van der Waals surface area contributed by atoms with Crippen molar-refractivity contribution in [3.8, 4) is 0 Å². The van der Waals surface area contributed by atoms with E-state index in [4.69, 9.17) is 4.52 Å². The van der Waals surface area contributed by atoms with Crippen molar-refractivity contribution < 1.29 is 32.9 Å². The summed E-state index contributed by atoms with van der Waals surface area (Å²) in [6.07, 6.45) is 26.1. The molecule has 0 aromatic carbocycles. The second-order valence-electron chi connectivity index (χ2n) is 13.8. The molecule has 256 valence electrons. The molecule has 0 aromatic heterocycles. The number of unbranched alkanes of at least 4 members (excludes halogenated alkanes) is 20. The van der Waals surface area contributed by atoms with Gasteiger partial charge in [-0.25, -0.2) is 4.57 Å². The summed E-state index contributed by atoms with van der Waals surface area (Å²) in [5.74, 6) is -0.509. The molecule has 2 atom stereocenters. The van der Waals surface area contributed by atoms with E-state index in [0.717, 1.165) is 32.1 Å². The van der Waals surface area contributed by atoms with Crippen molar-refractivity contribution in [2.24, 2.45) is 0 Å². The van der Waals surface area contributed by atoms with Gasteiger partial charge in [-0.2, -0.15) is 0 Å². The molecule has 0 rings (SSSR count). The predicted molar refractivity (Wildman–Crippen MR) is 180 cm³/mol. The number of nitrogens with zero attached hydrogens (tertiary/aromatic N) is 1. The fourth-order valence-electron chi connectivity index (χ4n) is 6.50. The molecule has 0 bridgehead atoms. The first kappa shape index (κ1) is 42.4. The monoisotopic (exact) mass is 633 g/mol. The quantitative estimate of drug-likeness (QED) is 0.0448. The normalized spacial score (nSPS) is 14.5. The van der Waals surface area contributed by atoms with E-state index < -0.39 is 19.5 Å². The molecule has 8 heteroatoms. The molecule has 0 heterocycles. The maximum Gasteiger partial charge on any atom is 0.470 e. The molecule has 43 heavy (non-hydrogen) atoms. The molecule has 7 nitrogen and oxygen atoms in total. The highest BCUT2D eigenvalue weighted by molar-refractivity contribution is 7.46. The minimum absolute atomic E-state index is 0.0408. The molecule has 2 N–H and O–H groups in total. The molecular formula is C35H71NO6P+. The number of Topliss-reactive ketones (excluding diaryl/α,β-unsaturated/α-hetero) is 2. The highest BCUT2D eigenvalue weighted by Gasteiger charge is 2.57. The van der Waals surface area contributed by atoms with E-state index in [-0.39, 0.29) is 35.3 Å². The van der Waals surface area contributed by atoms with Crippen LogP contribution >= 0.6 is 7.82 Å². The van der Waals surface area contributed by atoms with Crippen LogP contribution in [0.2, 0.25) is 0 Å². The molecule has 0 radical (unpaired) electrons. The van der Waals surface area contributed by atoms with Crippen molar-refractivity contribution in [2.45, 2.75) is 193 Å². The number of rotatable bonds is 31. The van der Waals surface area contributed by atoms with Crippen LogP contribution in [-0.4, -0.2) is 58.6 Å². The summed E-state index contributed by atoms with van der Waals surface area (Å²) in [5, 5.41) is 0. The number of likely N-dealkylation sites (N-methyl/N-ethyl adjacent to an activating group) is 1. The van der Waals surface area contributed by atoms with Crippen LogP contribution in [-0.2, 0) is 18.7 Å². The summed E-state index contributed by atoms with van der Waals surface area (Å²) < 4.78 is 17.6. The van der Waals surface area contributed by atoms with E-state index in [2.05, 4.69) is 13.8 Å². The summed E-state index contributed by atoms with van der Waals surface area (Å²) >= 11 is 0. The second-order valence-corrected chi connectivity index (χ2v) is 15.0. The third kappa shape index (κ3) is 20.2. The van der Waals surface area contributed by atoms with Gasteiger partial charge in [0.15, 0.2) is 23.2 Å². The molecule has 0 aliphatic heterocycles. The van der Waals surface area contributed by atoms with Gasteiger partial charge in [-0.15, -0.1) is 0 Å². The molecule has 0 aliphatic rings. The van der Waals surface area contributed by atoms with Gasteiger partial charge >= 0.3 is 7.82 Å². The van der Waals surface area contributed by atoms with Gasteiger partial charge in [0.2, 0.25) is 0 Å². The number of hydrogen-bond donors (Lipinski definition) is 2. The number of carbonyl (C=O) groups excluding carboxylic acids is 2. The largest absolute Gasteiger partial charge is 0.470 e. The van der Waals surface area contributed by atoms with Crippen molar-refractivity contribution in [1.82, 2.24) is 0 Å². The Bertz CT molecular complexity index is 762. The molecule has 0 amide bonds. The number of quaternary nitrogens is 1. The van der Waals surface area contributed by atoms with E-state index in [1.807, 2.05) is 21.1 Å². The van der Waals surface area contributed by atoms with Gasteiger partial charge in [-0.1, -0.05) is 149 Å². The summed E-state index contributed by atoms with van der Waals surface area (Å²) in [7, 11) is 0.406. The lowest BCUT2D eigenvalue weighted by Gasteiger charge is -2.44. The van der Waals surface area contributed by atoms with Gasteiger partial charge in [0.25, 0.3) is 0 Å². The third-order valence-electron chi connectivity index (χ3n) is 8.83. The summed E-state index contributed by atoms with van der Waals surface area (Å²) in [6.45, 7) is 6.17. The van der Waals surface area contributed by atoms with Gasteiger partial charge < -0.3 is 14.3 Å². The SMILES string of the molecule is CCCCCCCCCCCCCC(=O)C(C(CC)(OP(=O)(O)O)C(=O)CCCCCCCCCCCCC)[N+](C)(C)C. The number of carbonyl (C=O) groups is 2. The molecule has 0 spiro atoms. The van der Waals surface area contributed by atoms with Gasteiger partial charge in [0, 0.05) is 12.8 Å². The lowest BCUT2D eigenvalue weighted by Crippen LogP contribution is -2.66. The van der Waals surface area contributed by atoms with E-state index in [1.165, 1.54) is 96.3 Å². The average Bonchev–Trinajstić information content (AvgIpc) is 2.92. The van der Waals surface area contributed by atoms with Crippen molar-refractivity contribution in [1.29, 1.82) is 0 Å². The zero-order valence-electron chi connectivity index (χ0n) is 29.2. The molecule has 0 aromatic rings. The van der Waals surface area contributed by atoms with Crippen LogP contribution in [0, 0.1) is 0 Å². The first-order chi connectivity index (χ1) is 20.4. The third-order valence-corrected chi connectivity index (χ3v) is 9.40. The molecule has 0 saturated heterocycles. The molecule has 2 unspecified atom stereocenters. The maximum absolute atomic E-state index is 13.8. The van der Waals surface area contributed by atoms with Crippen LogP contribution in [0.25, 0.3) is 0 Å². The van der Waals surface area contributed by atoms with Gasteiger partial charge in [-0.05, 0) is 19.3 Å². The van der Waals surface area contributed by atoms with Crippen LogP contribution in [0.5, 0.6) is 0 Å². The lowest BCUT2D eigenvalue weighted by molar-refractivity contribution is -0.892. The van der Waals surface area contributed by atoms with E-state index in [9.17, 15) is 23.9 Å². The minimum atomic E-state index is -5.03. The second kappa shape index (κ2) is 24.6. The van der Waals surface area contributed by atoms with Gasteiger partial charge in [0.05, 0.1) is 21.1 Å². The predicted octanol–water partition coefficient (Wildman–Crippen LogP) is 9.86.